The van der Waals surface area contributed by atoms with Gasteiger partial charge in [-0.25, -0.2) is 0 Å². The summed E-state index contributed by atoms with van der Waals surface area (Å²) in [6.07, 6.45) is 1.24. The van der Waals surface area contributed by atoms with E-state index in [4.69, 9.17) is 0 Å². The molecule has 0 bridgehead atoms. The second kappa shape index (κ2) is 11.1. The molecule has 2 aromatic carbocycles. The van der Waals surface area contributed by atoms with E-state index in [0.29, 0.717) is 24.9 Å². The van der Waals surface area contributed by atoms with Gasteiger partial charge in [0.25, 0.3) is 5.91 Å². The highest BCUT2D eigenvalue weighted by Gasteiger charge is 2.52. The molecule has 2 heterocycles. The zero-order chi connectivity index (χ0) is 27.6. The summed E-state index contributed by atoms with van der Waals surface area (Å²) in [6, 6.07) is 15.2. The molecule has 1 N–H and O–H groups in total. The molecule has 2 aliphatic rings. The van der Waals surface area contributed by atoms with Gasteiger partial charge in [-0.05, 0) is 47.4 Å². The maximum absolute atomic E-state index is 13.7. The molecule has 7 heteroatoms. The Kier molecular flexibility index (Phi) is 8.05. The van der Waals surface area contributed by atoms with Gasteiger partial charge in [0.15, 0.2) is 5.78 Å². The highest BCUT2D eigenvalue weighted by Crippen LogP contribution is 2.31. The third kappa shape index (κ3) is 5.98. The zero-order valence-corrected chi connectivity index (χ0v) is 23.1. The molecule has 3 amide bonds. The van der Waals surface area contributed by atoms with E-state index in [2.05, 4.69) is 26.1 Å². The first-order chi connectivity index (χ1) is 18.0. The molecule has 0 radical (unpaired) electrons. The number of fused-ring (bicyclic) bond motifs is 1. The molecule has 7 nitrogen and oxygen atoms in total. The molecule has 0 spiro atoms. The minimum atomic E-state index is -0.745. The summed E-state index contributed by atoms with van der Waals surface area (Å²) in [4.78, 5) is 56.2. The third-order valence-electron chi connectivity index (χ3n) is 7.55. The van der Waals surface area contributed by atoms with Crippen molar-refractivity contribution < 1.29 is 19.2 Å². The number of carbonyl (C=O) groups excluding carboxylic acids is 4. The lowest BCUT2D eigenvalue weighted by Gasteiger charge is -2.29. The van der Waals surface area contributed by atoms with Crippen LogP contribution in [0, 0.1) is 5.92 Å². The van der Waals surface area contributed by atoms with Crippen molar-refractivity contribution in [3.63, 3.8) is 0 Å². The molecule has 2 aromatic rings. The number of likely N-dealkylation sites (tertiary alicyclic amines) is 2. The van der Waals surface area contributed by atoms with Gasteiger partial charge in [0.05, 0.1) is 19.0 Å². The lowest BCUT2D eigenvalue weighted by molar-refractivity contribution is -0.138. The molecule has 4 rings (SSSR count). The molecule has 3 atom stereocenters. The highest BCUT2D eigenvalue weighted by atomic mass is 16.2. The summed E-state index contributed by atoms with van der Waals surface area (Å²) in [5.41, 5.74) is 2.49. The lowest BCUT2D eigenvalue weighted by Crippen LogP contribution is -2.53. The normalized spacial score (nSPS) is 20.0. The van der Waals surface area contributed by atoms with Crippen LogP contribution in [-0.2, 0) is 26.2 Å². The smallest absolute Gasteiger partial charge is 0.251 e. The molecule has 2 unspecified atom stereocenters. The van der Waals surface area contributed by atoms with Crippen LogP contribution in [0.1, 0.15) is 68.9 Å². The van der Waals surface area contributed by atoms with Crippen LogP contribution in [-0.4, -0.2) is 64.5 Å². The number of carbonyl (C=O) groups is 4. The summed E-state index contributed by atoms with van der Waals surface area (Å²) in [5, 5.41) is 2.94. The average molecular weight is 518 g/mol. The molecule has 2 aliphatic heterocycles. The van der Waals surface area contributed by atoms with E-state index in [0.717, 1.165) is 11.1 Å². The largest absolute Gasteiger partial charge is 0.340 e. The Morgan fingerprint density at radius 1 is 0.974 bits per heavy atom. The van der Waals surface area contributed by atoms with E-state index < -0.39 is 12.1 Å². The van der Waals surface area contributed by atoms with Gasteiger partial charge in [0.2, 0.25) is 11.8 Å². The Labute approximate surface area is 225 Å². The van der Waals surface area contributed by atoms with Gasteiger partial charge in [0, 0.05) is 12.1 Å². The predicted molar refractivity (Wildman–Crippen MR) is 147 cm³/mol. The predicted octanol–water partition coefficient (Wildman–Crippen LogP) is 3.75. The Balaban J connectivity index is 1.47. The SMILES string of the molecule is CC(C)C[C@H](NC(=O)c1ccc(C(C)(C)C)cc1)C(=O)N1CCC2C1C(=O)CN2C(=O)Cc1ccccc1. The van der Waals surface area contributed by atoms with Crippen molar-refractivity contribution in [3.8, 4) is 0 Å². The second-order valence-electron chi connectivity index (χ2n) is 12.0. The number of hydrogen-bond donors (Lipinski definition) is 1. The molecule has 0 aromatic heterocycles. The van der Waals surface area contributed by atoms with Crippen LogP contribution < -0.4 is 5.32 Å². The van der Waals surface area contributed by atoms with Crippen molar-refractivity contribution in [1.29, 1.82) is 0 Å². The third-order valence-corrected chi connectivity index (χ3v) is 7.55. The van der Waals surface area contributed by atoms with Crippen molar-refractivity contribution in [3.05, 3.63) is 71.3 Å². The first-order valence-electron chi connectivity index (χ1n) is 13.5. The Hall–Kier alpha value is -3.48. The molecule has 0 saturated carbocycles. The van der Waals surface area contributed by atoms with Gasteiger partial charge in [-0.15, -0.1) is 0 Å². The summed E-state index contributed by atoms with van der Waals surface area (Å²) >= 11 is 0. The second-order valence-corrected chi connectivity index (χ2v) is 12.0. The van der Waals surface area contributed by atoms with Crippen LogP contribution in [0.15, 0.2) is 54.6 Å². The van der Waals surface area contributed by atoms with Gasteiger partial charge in [0.1, 0.15) is 12.1 Å². The number of benzene rings is 2. The first kappa shape index (κ1) is 27.6. The van der Waals surface area contributed by atoms with E-state index in [1.807, 2.05) is 56.3 Å². The van der Waals surface area contributed by atoms with E-state index in [9.17, 15) is 19.2 Å². The number of amides is 3. The fourth-order valence-corrected chi connectivity index (χ4v) is 5.52. The van der Waals surface area contributed by atoms with E-state index in [1.54, 1.807) is 21.9 Å². The van der Waals surface area contributed by atoms with Crippen LogP contribution in [0.25, 0.3) is 0 Å². The number of rotatable bonds is 7. The molecule has 2 fully saturated rings. The van der Waals surface area contributed by atoms with Crippen molar-refractivity contribution in [2.45, 2.75) is 77.4 Å². The fourth-order valence-electron chi connectivity index (χ4n) is 5.52. The van der Waals surface area contributed by atoms with Crippen LogP contribution in [0.3, 0.4) is 0 Å². The van der Waals surface area contributed by atoms with Gasteiger partial charge in [-0.3, -0.25) is 19.2 Å². The number of hydrogen-bond acceptors (Lipinski definition) is 4. The number of nitrogens with zero attached hydrogens (tertiary/aromatic N) is 2. The Morgan fingerprint density at radius 3 is 2.24 bits per heavy atom. The summed E-state index contributed by atoms with van der Waals surface area (Å²) in [5.74, 6) is -0.616. The van der Waals surface area contributed by atoms with Crippen molar-refractivity contribution in [1.82, 2.24) is 15.1 Å². The first-order valence-corrected chi connectivity index (χ1v) is 13.5. The van der Waals surface area contributed by atoms with E-state index in [-0.39, 0.29) is 53.8 Å². The minimum absolute atomic E-state index is 0.0200. The van der Waals surface area contributed by atoms with Crippen LogP contribution in [0.4, 0.5) is 0 Å². The number of nitrogens with one attached hydrogen (secondary N) is 1. The molecule has 202 valence electrons. The summed E-state index contributed by atoms with van der Waals surface area (Å²) in [6.45, 7) is 10.8. The molecule has 38 heavy (non-hydrogen) atoms. The lowest BCUT2D eigenvalue weighted by atomic mass is 9.86. The molecule has 0 aliphatic carbocycles. The monoisotopic (exact) mass is 517 g/mol. The van der Waals surface area contributed by atoms with E-state index >= 15 is 0 Å². The molecular formula is C31H39N3O4. The quantitative estimate of drug-likeness (QED) is 0.606. The highest BCUT2D eigenvalue weighted by molar-refractivity contribution is 6.01. The van der Waals surface area contributed by atoms with Crippen LogP contribution in [0.2, 0.25) is 0 Å². The van der Waals surface area contributed by atoms with Crippen molar-refractivity contribution in [2.24, 2.45) is 5.92 Å². The van der Waals surface area contributed by atoms with Crippen molar-refractivity contribution >= 4 is 23.5 Å². The van der Waals surface area contributed by atoms with E-state index in [1.165, 1.54) is 0 Å². The van der Waals surface area contributed by atoms with Gasteiger partial charge >= 0.3 is 0 Å². The summed E-state index contributed by atoms with van der Waals surface area (Å²) in [7, 11) is 0. The Bertz CT molecular complexity index is 1180. The zero-order valence-electron chi connectivity index (χ0n) is 23.1. The fraction of sp³-hybridized carbons (Fsp3) is 0.484. The van der Waals surface area contributed by atoms with Crippen molar-refractivity contribution in [2.75, 3.05) is 13.1 Å². The topological polar surface area (TPSA) is 86.8 Å². The minimum Gasteiger partial charge on any atom is -0.340 e. The van der Waals surface area contributed by atoms with Crippen LogP contribution >= 0.6 is 0 Å². The van der Waals surface area contributed by atoms with Gasteiger partial charge in [-0.2, -0.15) is 0 Å². The Morgan fingerprint density at radius 2 is 1.63 bits per heavy atom. The number of ketones is 1. The summed E-state index contributed by atoms with van der Waals surface area (Å²) < 4.78 is 0. The van der Waals surface area contributed by atoms with Gasteiger partial charge < -0.3 is 15.1 Å². The standard InChI is InChI=1S/C31H39N3O4/c1-20(2)17-24(32-29(37)22-11-13-23(14-12-22)31(3,4)5)30(38)33-16-15-25-28(33)26(35)19-34(25)27(36)18-21-9-7-6-8-10-21/h6-14,20,24-25,28H,15-19H2,1-5H3,(H,32,37)/t24-,25?,28?/m0/s1. The molecular weight excluding hydrogens is 478 g/mol. The molecule has 2 saturated heterocycles. The average Bonchev–Trinajstić information content (AvgIpc) is 3.44. The van der Waals surface area contributed by atoms with Gasteiger partial charge in [-0.1, -0.05) is 77.1 Å². The van der Waals surface area contributed by atoms with Crippen LogP contribution in [0.5, 0.6) is 0 Å². The number of Topliss-reactive ketones (excluding diaryl/α,β-unsaturated/α-hetero) is 1. The maximum atomic E-state index is 13.7. The maximum Gasteiger partial charge on any atom is 0.251 e.